The van der Waals surface area contributed by atoms with E-state index in [0.29, 0.717) is 29.0 Å². The Labute approximate surface area is 154 Å². The molecule has 5 nitrogen and oxygen atoms in total. The molecule has 0 fully saturated rings. The molecule has 0 aliphatic carbocycles. The zero-order chi connectivity index (χ0) is 19.9. The summed E-state index contributed by atoms with van der Waals surface area (Å²) in [6, 6.07) is 11.3. The summed E-state index contributed by atoms with van der Waals surface area (Å²) in [6.45, 7) is 0.00728. The molecule has 0 atom stereocenters. The molecule has 0 unspecified atom stereocenters. The summed E-state index contributed by atoms with van der Waals surface area (Å²) in [6.07, 6.45) is -3.97. The Morgan fingerprint density at radius 1 is 1.15 bits per heavy atom. The van der Waals surface area contributed by atoms with E-state index < -0.39 is 11.7 Å². The van der Waals surface area contributed by atoms with Gasteiger partial charge in [0.2, 0.25) is 0 Å². The van der Waals surface area contributed by atoms with Gasteiger partial charge in [0.05, 0.1) is 24.3 Å². The lowest BCUT2D eigenvalue weighted by Crippen LogP contribution is -2.30. The lowest BCUT2D eigenvalue weighted by molar-refractivity contribution is -0.137. The van der Waals surface area contributed by atoms with Crippen LogP contribution < -0.4 is 14.8 Å². The number of nitriles is 1. The number of rotatable bonds is 7. The molecule has 1 amide bonds. The maximum atomic E-state index is 12.5. The van der Waals surface area contributed by atoms with Crippen LogP contribution in [0.5, 0.6) is 11.5 Å². The van der Waals surface area contributed by atoms with Gasteiger partial charge in [-0.15, -0.1) is 0 Å². The Morgan fingerprint density at radius 3 is 2.44 bits per heavy atom. The van der Waals surface area contributed by atoms with Crippen LogP contribution in [0.3, 0.4) is 0 Å². The summed E-state index contributed by atoms with van der Waals surface area (Å²) in [5.74, 6) is 0.286. The number of nitrogens with one attached hydrogen (secondary N) is 1. The molecule has 1 N–H and O–H groups in total. The van der Waals surface area contributed by atoms with Gasteiger partial charge in [-0.05, 0) is 36.2 Å². The van der Waals surface area contributed by atoms with Gasteiger partial charge in [0.1, 0.15) is 0 Å². The third-order valence-corrected chi connectivity index (χ3v) is 3.67. The van der Waals surface area contributed by atoms with Crippen molar-refractivity contribution in [2.45, 2.75) is 12.6 Å². The molecule has 142 valence electrons. The summed E-state index contributed by atoms with van der Waals surface area (Å²) in [5, 5.41) is 11.5. The van der Waals surface area contributed by atoms with E-state index in [1.807, 2.05) is 6.07 Å². The molecular formula is C19H17F3N2O3. The van der Waals surface area contributed by atoms with Crippen LogP contribution >= 0.6 is 0 Å². The van der Waals surface area contributed by atoms with Gasteiger partial charge < -0.3 is 14.8 Å². The average molecular weight is 378 g/mol. The predicted octanol–water partition coefficient (Wildman–Crippen LogP) is 3.32. The molecule has 2 aromatic carbocycles. The SMILES string of the molecule is COc1cc(C#N)ccc1OCC(=O)NCCc1ccc(C(F)(F)F)cc1. The van der Waals surface area contributed by atoms with Crippen LogP contribution in [0.1, 0.15) is 16.7 Å². The topological polar surface area (TPSA) is 71.3 Å². The zero-order valence-corrected chi connectivity index (χ0v) is 14.5. The molecule has 2 aromatic rings. The Hall–Kier alpha value is -3.21. The van der Waals surface area contributed by atoms with Crippen LogP contribution in [-0.4, -0.2) is 26.2 Å². The summed E-state index contributed by atoms with van der Waals surface area (Å²) in [7, 11) is 1.42. The van der Waals surface area contributed by atoms with Crippen molar-refractivity contribution in [2.75, 3.05) is 20.3 Å². The standard InChI is InChI=1S/C19H17F3N2O3/c1-26-17-10-14(11-23)4-7-16(17)27-12-18(25)24-9-8-13-2-5-15(6-3-13)19(20,21)22/h2-7,10H,8-9,12H2,1H3,(H,24,25). The number of hydrogen-bond donors (Lipinski definition) is 1. The van der Waals surface area contributed by atoms with E-state index in [1.54, 1.807) is 6.07 Å². The maximum absolute atomic E-state index is 12.5. The molecule has 0 bridgehead atoms. The van der Waals surface area contributed by atoms with E-state index in [9.17, 15) is 18.0 Å². The minimum atomic E-state index is -4.36. The highest BCUT2D eigenvalue weighted by molar-refractivity contribution is 5.77. The monoisotopic (exact) mass is 378 g/mol. The Bertz CT molecular complexity index is 828. The maximum Gasteiger partial charge on any atom is 0.416 e. The van der Waals surface area contributed by atoms with Crippen molar-refractivity contribution < 1.29 is 27.4 Å². The quantitative estimate of drug-likeness (QED) is 0.802. The first-order valence-corrected chi connectivity index (χ1v) is 7.97. The van der Waals surface area contributed by atoms with Crippen molar-refractivity contribution in [3.63, 3.8) is 0 Å². The van der Waals surface area contributed by atoms with Crippen LogP contribution in [0.4, 0.5) is 13.2 Å². The van der Waals surface area contributed by atoms with E-state index in [0.717, 1.165) is 12.1 Å². The number of methoxy groups -OCH3 is 1. The van der Waals surface area contributed by atoms with Crippen LogP contribution in [0.2, 0.25) is 0 Å². The molecule has 0 saturated carbocycles. The second kappa shape index (κ2) is 8.94. The highest BCUT2D eigenvalue weighted by Gasteiger charge is 2.29. The van der Waals surface area contributed by atoms with E-state index >= 15 is 0 Å². The van der Waals surface area contributed by atoms with E-state index in [-0.39, 0.29) is 19.1 Å². The van der Waals surface area contributed by atoms with Gasteiger partial charge >= 0.3 is 6.18 Å². The Kier molecular flexibility index (Phi) is 6.66. The smallest absolute Gasteiger partial charge is 0.416 e. The number of hydrogen-bond acceptors (Lipinski definition) is 4. The van der Waals surface area contributed by atoms with Crippen LogP contribution in [0, 0.1) is 11.3 Å². The number of carbonyl (C=O) groups is 1. The predicted molar refractivity (Wildman–Crippen MR) is 91.4 cm³/mol. The van der Waals surface area contributed by atoms with E-state index in [4.69, 9.17) is 14.7 Å². The van der Waals surface area contributed by atoms with Crippen molar-refractivity contribution in [1.82, 2.24) is 5.32 Å². The summed E-state index contributed by atoms with van der Waals surface area (Å²) in [4.78, 5) is 11.8. The molecular weight excluding hydrogens is 361 g/mol. The van der Waals surface area contributed by atoms with Gasteiger partial charge in [0, 0.05) is 12.6 Å². The van der Waals surface area contributed by atoms with Gasteiger partial charge in [-0.1, -0.05) is 12.1 Å². The number of halogens is 3. The number of amides is 1. The number of ether oxygens (including phenoxy) is 2. The largest absolute Gasteiger partial charge is 0.493 e. The van der Waals surface area contributed by atoms with Gasteiger partial charge in [0.25, 0.3) is 5.91 Å². The first kappa shape index (κ1) is 20.1. The molecule has 0 aliphatic rings. The van der Waals surface area contributed by atoms with E-state index in [2.05, 4.69) is 5.32 Å². The summed E-state index contributed by atoms with van der Waals surface area (Å²) >= 11 is 0. The van der Waals surface area contributed by atoms with Gasteiger partial charge in [-0.3, -0.25) is 4.79 Å². The molecule has 2 rings (SSSR count). The van der Waals surface area contributed by atoms with Crippen molar-refractivity contribution in [3.05, 3.63) is 59.2 Å². The van der Waals surface area contributed by atoms with Crippen molar-refractivity contribution in [1.29, 1.82) is 5.26 Å². The normalized spacial score (nSPS) is 10.8. The lowest BCUT2D eigenvalue weighted by atomic mass is 10.1. The minimum Gasteiger partial charge on any atom is -0.493 e. The number of benzene rings is 2. The number of alkyl halides is 3. The van der Waals surface area contributed by atoms with Gasteiger partial charge in [0.15, 0.2) is 18.1 Å². The minimum absolute atomic E-state index is 0.255. The Balaban J connectivity index is 1.79. The van der Waals surface area contributed by atoms with Crippen molar-refractivity contribution in [2.24, 2.45) is 0 Å². The fourth-order valence-corrected chi connectivity index (χ4v) is 2.26. The third-order valence-electron chi connectivity index (χ3n) is 3.67. The number of nitrogens with zero attached hydrogens (tertiary/aromatic N) is 1. The van der Waals surface area contributed by atoms with Crippen LogP contribution in [0.25, 0.3) is 0 Å². The molecule has 27 heavy (non-hydrogen) atoms. The molecule has 0 aliphatic heterocycles. The van der Waals surface area contributed by atoms with E-state index in [1.165, 1.54) is 31.4 Å². The molecule has 0 aromatic heterocycles. The molecule has 0 radical (unpaired) electrons. The van der Waals surface area contributed by atoms with Gasteiger partial charge in [-0.25, -0.2) is 0 Å². The zero-order valence-electron chi connectivity index (χ0n) is 14.5. The fourth-order valence-electron chi connectivity index (χ4n) is 2.26. The second-order valence-electron chi connectivity index (χ2n) is 5.56. The molecule has 0 spiro atoms. The van der Waals surface area contributed by atoms with Crippen LogP contribution in [-0.2, 0) is 17.4 Å². The highest BCUT2D eigenvalue weighted by Crippen LogP contribution is 2.29. The van der Waals surface area contributed by atoms with Gasteiger partial charge in [-0.2, -0.15) is 18.4 Å². The molecule has 8 heteroatoms. The Morgan fingerprint density at radius 2 is 1.85 bits per heavy atom. The van der Waals surface area contributed by atoms with Crippen molar-refractivity contribution >= 4 is 5.91 Å². The van der Waals surface area contributed by atoms with Crippen LogP contribution in [0.15, 0.2) is 42.5 Å². The third kappa shape index (κ3) is 5.92. The molecule has 0 saturated heterocycles. The summed E-state index contributed by atoms with van der Waals surface area (Å²) in [5.41, 5.74) is 0.373. The highest BCUT2D eigenvalue weighted by atomic mass is 19.4. The lowest BCUT2D eigenvalue weighted by Gasteiger charge is -2.11. The van der Waals surface area contributed by atoms with Crippen molar-refractivity contribution in [3.8, 4) is 17.6 Å². The number of carbonyl (C=O) groups excluding carboxylic acids is 1. The summed E-state index contributed by atoms with van der Waals surface area (Å²) < 4.78 is 48.0. The average Bonchev–Trinajstić information content (AvgIpc) is 2.66. The first-order valence-electron chi connectivity index (χ1n) is 7.97. The fraction of sp³-hybridized carbons (Fsp3) is 0.263. The molecule has 0 heterocycles. The second-order valence-corrected chi connectivity index (χ2v) is 5.56. The first-order chi connectivity index (χ1) is 12.8.